The van der Waals surface area contributed by atoms with Crippen LogP contribution in [0.5, 0.6) is 0 Å². The molecule has 4 aromatic rings. The van der Waals surface area contributed by atoms with Crippen LogP contribution in [0, 0.1) is 30.6 Å². The molecule has 20 nitrogen and oxygen atoms in total. The van der Waals surface area contributed by atoms with Crippen molar-refractivity contribution in [1.29, 1.82) is 0 Å². The Balaban J connectivity index is -0.000000234. The molecule has 22 heteroatoms. The summed E-state index contributed by atoms with van der Waals surface area (Å²) in [5, 5.41) is 73.1. The van der Waals surface area contributed by atoms with Gasteiger partial charge in [0.05, 0.1) is 35.0 Å². The minimum absolute atomic E-state index is 0. The van der Waals surface area contributed by atoms with E-state index in [1.54, 1.807) is 98.1 Å². The van der Waals surface area contributed by atoms with E-state index in [1.165, 1.54) is 24.9 Å². The van der Waals surface area contributed by atoms with E-state index in [1.807, 2.05) is 0 Å². The molecule has 4 heterocycles. The summed E-state index contributed by atoms with van der Waals surface area (Å²) < 4.78 is 0. The van der Waals surface area contributed by atoms with Crippen molar-refractivity contribution in [3.05, 3.63) is 151 Å². The zero-order chi connectivity index (χ0) is 33.3. The molecule has 0 aliphatic carbocycles. The van der Waals surface area contributed by atoms with E-state index in [4.69, 9.17) is 51.5 Å². The van der Waals surface area contributed by atoms with Gasteiger partial charge in [-0.15, -0.1) is 0 Å². The van der Waals surface area contributed by atoms with Gasteiger partial charge in [-0.1, -0.05) is 44.9 Å². The SMILES string of the molecule is O/N=C/c1cccnc1.O/N=C/c1cccnc1.O/N=C/c1cccnc1.O/N=C/c1cccnc1.O=[N+]([O-])[O-].O=[N+]([O-])[O-].[Ag+].[Ag+]. The fraction of sp³-hybridized carbons (Fsp3) is 0. The number of aromatic nitrogens is 4. The molecule has 0 amide bonds. The van der Waals surface area contributed by atoms with Crippen LogP contribution in [-0.2, 0) is 44.8 Å². The molecule has 0 unspecified atom stereocenters. The van der Waals surface area contributed by atoms with E-state index in [2.05, 4.69) is 40.6 Å². The van der Waals surface area contributed by atoms with Crippen LogP contribution in [-0.4, -0.2) is 75.8 Å². The summed E-state index contributed by atoms with van der Waals surface area (Å²) in [6.07, 6.45) is 18.4. The van der Waals surface area contributed by atoms with Crippen LogP contribution in [0.4, 0.5) is 0 Å². The van der Waals surface area contributed by atoms with Crippen molar-refractivity contribution >= 4 is 24.9 Å². The molecule has 0 aliphatic rings. The molecule has 46 heavy (non-hydrogen) atoms. The normalized spacial score (nSPS) is 9.04. The summed E-state index contributed by atoms with van der Waals surface area (Å²) in [4.78, 5) is 31.7. The van der Waals surface area contributed by atoms with E-state index in [0.29, 0.717) is 0 Å². The number of pyridine rings is 4. The Morgan fingerprint density at radius 1 is 0.478 bits per heavy atom. The van der Waals surface area contributed by atoms with Gasteiger partial charge in [0.2, 0.25) is 0 Å². The molecule has 0 saturated carbocycles. The fourth-order valence-corrected chi connectivity index (χ4v) is 2.08. The van der Waals surface area contributed by atoms with Crippen LogP contribution in [0.3, 0.4) is 0 Å². The summed E-state index contributed by atoms with van der Waals surface area (Å²) in [6.45, 7) is 0. The minimum atomic E-state index is -1.75. The van der Waals surface area contributed by atoms with Crippen molar-refractivity contribution in [2.45, 2.75) is 0 Å². The fourth-order valence-electron chi connectivity index (χ4n) is 2.08. The van der Waals surface area contributed by atoms with Gasteiger partial charge in [0.15, 0.2) is 0 Å². The first kappa shape index (κ1) is 47.3. The Hall–Kier alpha value is -5.64. The maximum absolute atomic E-state index is 8.25. The number of rotatable bonds is 4. The Bertz CT molecular complexity index is 1170. The zero-order valence-electron chi connectivity index (χ0n) is 22.9. The zero-order valence-corrected chi connectivity index (χ0v) is 25.8. The summed E-state index contributed by atoms with van der Waals surface area (Å²) >= 11 is 0. The van der Waals surface area contributed by atoms with Crippen molar-refractivity contribution in [2.75, 3.05) is 0 Å². The van der Waals surface area contributed by atoms with Gasteiger partial charge < -0.3 is 51.5 Å². The molecular formula is C24H24Ag2N10O10. The minimum Gasteiger partial charge on any atom is -0.411 e. The Morgan fingerprint density at radius 2 is 0.652 bits per heavy atom. The molecule has 0 aliphatic heterocycles. The van der Waals surface area contributed by atoms with Crippen molar-refractivity contribution in [2.24, 2.45) is 20.6 Å². The number of oxime groups is 4. The smallest absolute Gasteiger partial charge is 0.411 e. The predicted molar refractivity (Wildman–Crippen MR) is 155 cm³/mol. The molecule has 0 fully saturated rings. The quantitative estimate of drug-likeness (QED) is 0.0756. The van der Waals surface area contributed by atoms with Crippen LogP contribution in [0.15, 0.2) is 119 Å². The summed E-state index contributed by atoms with van der Waals surface area (Å²) in [7, 11) is 0. The van der Waals surface area contributed by atoms with E-state index in [-0.39, 0.29) is 44.8 Å². The largest absolute Gasteiger partial charge is 1.00 e. The molecule has 0 bridgehead atoms. The van der Waals surface area contributed by atoms with Gasteiger partial charge in [0, 0.05) is 71.8 Å². The van der Waals surface area contributed by atoms with E-state index < -0.39 is 10.2 Å². The van der Waals surface area contributed by atoms with Crippen molar-refractivity contribution < 1.29 is 75.8 Å². The van der Waals surface area contributed by atoms with E-state index in [9.17, 15) is 0 Å². The molecule has 0 aromatic carbocycles. The van der Waals surface area contributed by atoms with Crippen LogP contribution >= 0.6 is 0 Å². The van der Waals surface area contributed by atoms with Crippen LogP contribution < -0.4 is 0 Å². The second kappa shape index (κ2) is 35.6. The molecule has 4 N–H and O–H groups in total. The Kier molecular flexibility index (Phi) is 36.6. The molecule has 0 radical (unpaired) electrons. The van der Waals surface area contributed by atoms with Crippen LogP contribution in [0.25, 0.3) is 0 Å². The van der Waals surface area contributed by atoms with Crippen molar-refractivity contribution in [3.8, 4) is 0 Å². The first-order chi connectivity index (χ1) is 21.2. The van der Waals surface area contributed by atoms with Crippen LogP contribution in [0.2, 0.25) is 0 Å². The van der Waals surface area contributed by atoms with Gasteiger partial charge in [-0.25, -0.2) is 0 Å². The topological polar surface area (TPSA) is 314 Å². The average Bonchev–Trinajstić information content (AvgIpc) is 3.01. The molecular weight excluding hydrogens is 804 g/mol. The van der Waals surface area contributed by atoms with Gasteiger partial charge in [-0.3, -0.25) is 19.9 Å². The monoisotopic (exact) mass is 826 g/mol. The molecule has 0 spiro atoms. The Morgan fingerprint density at radius 3 is 0.761 bits per heavy atom. The molecule has 0 atom stereocenters. The van der Waals surface area contributed by atoms with Gasteiger partial charge in [0.1, 0.15) is 0 Å². The maximum Gasteiger partial charge on any atom is 1.00 e. The summed E-state index contributed by atoms with van der Waals surface area (Å²) in [6, 6.07) is 14.3. The van der Waals surface area contributed by atoms with E-state index >= 15 is 0 Å². The third-order valence-electron chi connectivity index (χ3n) is 3.56. The van der Waals surface area contributed by atoms with Gasteiger partial charge in [0.25, 0.3) is 0 Å². The maximum atomic E-state index is 8.25. The van der Waals surface area contributed by atoms with Crippen LogP contribution in [0.1, 0.15) is 22.3 Å². The van der Waals surface area contributed by atoms with Gasteiger partial charge in [-0.2, -0.15) is 0 Å². The number of nitrogens with zero attached hydrogens (tertiary/aromatic N) is 10. The molecule has 252 valence electrons. The standard InChI is InChI=1S/4C6H6N2O.2Ag.2NO3/c4*9-8-5-6-2-1-3-7-4-6;;;2*2-1(3)4/h4*1-5,9H;;;;/q;;;;2*+1;2*-1/b4*8-5+;;;;. The predicted octanol–water partition coefficient (Wildman–Crippen LogP) is 3.08. The Labute approximate surface area is 291 Å². The van der Waals surface area contributed by atoms with Gasteiger partial charge >= 0.3 is 44.8 Å². The number of hydrogen-bond acceptors (Lipinski definition) is 18. The summed E-state index contributed by atoms with van der Waals surface area (Å²) in [5.74, 6) is 0. The molecule has 0 saturated heterocycles. The number of hydrogen-bond donors (Lipinski definition) is 4. The average molecular weight is 828 g/mol. The summed E-state index contributed by atoms with van der Waals surface area (Å²) in [5.41, 5.74) is 3.17. The molecule has 4 aromatic heterocycles. The van der Waals surface area contributed by atoms with Crippen molar-refractivity contribution in [1.82, 2.24) is 19.9 Å². The molecule has 4 rings (SSSR count). The third-order valence-corrected chi connectivity index (χ3v) is 3.56. The first-order valence-corrected chi connectivity index (χ1v) is 11.1. The van der Waals surface area contributed by atoms with Gasteiger partial charge in [-0.05, 0) is 24.3 Å². The second-order valence-electron chi connectivity index (χ2n) is 6.57. The van der Waals surface area contributed by atoms with E-state index in [0.717, 1.165) is 22.3 Å². The third kappa shape index (κ3) is 36.4. The van der Waals surface area contributed by atoms with Crippen molar-refractivity contribution in [3.63, 3.8) is 0 Å². The first-order valence-electron chi connectivity index (χ1n) is 11.1. The second-order valence-corrected chi connectivity index (χ2v) is 6.57.